The predicted molar refractivity (Wildman–Crippen MR) is 37.6 cm³/mol. The summed E-state index contributed by atoms with van der Waals surface area (Å²) in [6.07, 6.45) is 0.959. The van der Waals surface area contributed by atoms with E-state index in [1.807, 2.05) is 6.92 Å². The topological polar surface area (TPSA) is 38.3 Å². The molecule has 1 N–H and O–H groups in total. The Balaban J connectivity index is 2.46. The molecule has 3 heteroatoms. The Bertz CT molecular complexity index is 136. The van der Waals surface area contributed by atoms with Gasteiger partial charge in [0, 0.05) is 13.7 Å². The van der Waals surface area contributed by atoms with Gasteiger partial charge in [-0.25, -0.2) is 0 Å². The van der Waals surface area contributed by atoms with Crippen molar-refractivity contribution in [2.45, 2.75) is 19.4 Å². The molecule has 58 valence electrons. The summed E-state index contributed by atoms with van der Waals surface area (Å²) in [6.45, 7) is 2.66. The van der Waals surface area contributed by atoms with Crippen molar-refractivity contribution in [3.63, 3.8) is 0 Å². The Morgan fingerprint density at radius 2 is 2.40 bits per heavy atom. The van der Waals surface area contributed by atoms with Gasteiger partial charge in [-0.3, -0.25) is 4.79 Å². The molecule has 3 nitrogen and oxygen atoms in total. The molecule has 0 aromatic heterocycles. The van der Waals surface area contributed by atoms with Gasteiger partial charge in [0.25, 0.3) is 0 Å². The third-order valence-corrected chi connectivity index (χ3v) is 1.96. The molecule has 0 spiro atoms. The molecule has 1 heterocycles. The number of amides is 1. The number of carbonyl (C=O) groups is 1. The van der Waals surface area contributed by atoms with Crippen LogP contribution in [0.1, 0.15) is 13.3 Å². The van der Waals surface area contributed by atoms with E-state index in [-0.39, 0.29) is 17.9 Å². The Labute approximate surface area is 60.7 Å². The Morgan fingerprint density at radius 1 is 1.70 bits per heavy atom. The van der Waals surface area contributed by atoms with Gasteiger partial charge in [0.2, 0.25) is 5.91 Å². The first kappa shape index (κ1) is 7.54. The average molecular weight is 143 g/mol. The predicted octanol–water partition coefficient (Wildman–Crippen LogP) is 0.157. The molecule has 0 aromatic carbocycles. The fourth-order valence-corrected chi connectivity index (χ4v) is 1.26. The van der Waals surface area contributed by atoms with Crippen LogP contribution in [0, 0.1) is 5.92 Å². The average Bonchev–Trinajstić information content (AvgIpc) is 2.34. The molecule has 0 radical (unpaired) electrons. The minimum absolute atomic E-state index is 0.0741. The summed E-state index contributed by atoms with van der Waals surface area (Å²) >= 11 is 0. The Kier molecular flexibility index (Phi) is 2.27. The molecular formula is C7H13NO2. The standard InChI is InChI=1S/C7H13NO2/c1-5-6(3-4-10-5)7(9)8-2/h5-6H,3-4H2,1-2H3,(H,8,9). The van der Waals surface area contributed by atoms with Crippen molar-refractivity contribution in [2.24, 2.45) is 5.92 Å². The van der Waals surface area contributed by atoms with Gasteiger partial charge < -0.3 is 10.1 Å². The van der Waals surface area contributed by atoms with E-state index in [2.05, 4.69) is 5.32 Å². The van der Waals surface area contributed by atoms with E-state index in [0.717, 1.165) is 13.0 Å². The highest BCUT2D eigenvalue weighted by atomic mass is 16.5. The number of rotatable bonds is 1. The van der Waals surface area contributed by atoms with Crippen LogP contribution >= 0.6 is 0 Å². The van der Waals surface area contributed by atoms with E-state index in [9.17, 15) is 4.79 Å². The summed E-state index contributed by atoms with van der Waals surface area (Å²) < 4.78 is 5.23. The Hall–Kier alpha value is -0.570. The largest absolute Gasteiger partial charge is 0.378 e. The lowest BCUT2D eigenvalue weighted by Gasteiger charge is -2.10. The normalized spacial score (nSPS) is 32.2. The van der Waals surface area contributed by atoms with Crippen LogP contribution in [-0.2, 0) is 9.53 Å². The first-order valence-corrected chi connectivity index (χ1v) is 3.59. The van der Waals surface area contributed by atoms with E-state index in [1.54, 1.807) is 7.05 Å². The van der Waals surface area contributed by atoms with Crippen LogP contribution in [-0.4, -0.2) is 25.7 Å². The van der Waals surface area contributed by atoms with Crippen molar-refractivity contribution in [3.05, 3.63) is 0 Å². The van der Waals surface area contributed by atoms with Crippen LogP contribution in [0.2, 0.25) is 0 Å². The lowest BCUT2D eigenvalue weighted by molar-refractivity contribution is -0.125. The third kappa shape index (κ3) is 1.29. The van der Waals surface area contributed by atoms with Crippen molar-refractivity contribution in [1.29, 1.82) is 0 Å². The van der Waals surface area contributed by atoms with Crippen molar-refractivity contribution in [2.75, 3.05) is 13.7 Å². The van der Waals surface area contributed by atoms with Gasteiger partial charge in [-0.05, 0) is 13.3 Å². The zero-order chi connectivity index (χ0) is 7.56. The molecule has 2 atom stereocenters. The molecule has 1 aliphatic heterocycles. The number of ether oxygens (including phenoxy) is 1. The highest BCUT2D eigenvalue weighted by Crippen LogP contribution is 2.19. The van der Waals surface area contributed by atoms with E-state index >= 15 is 0 Å². The third-order valence-electron chi connectivity index (χ3n) is 1.96. The number of hydrogen-bond donors (Lipinski definition) is 1. The number of hydrogen-bond acceptors (Lipinski definition) is 2. The fraction of sp³-hybridized carbons (Fsp3) is 0.857. The smallest absolute Gasteiger partial charge is 0.225 e. The van der Waals surface area contributed by atoms with Gasteiger partial charge in [0.15, 0.2) is 0 Å². The minimum Gasteiger partial charge on any atom is -0.378 e. The molecule has 1 saturated heterocycles. The monoisotopic (exact) mass is 143 g/mol. The molecule has 1 fully saturated rings. The summed E-state index contributed by atoms with van der Waals surface area (Å²) in [5, 5.41) is 2.62. The molecular weight excluding hydrogens is 130 g/mol. The number of carbonyl (C=O) groups excluding carboxylic acids is 1. The van der Waals surface area contributed by atoms with E-state index in [1.165, 1.54) is 0 Å². The molecule has 0 aromatic rings. The van der Waals surface area contributed by atoms with Gasteiger partial charge in [0.1, 0.15) is 0 Å². The summed E-state index contributed by atoms with van der Waals surface area (Å²) in [4.78, 5) is 11.0. The van der Waals surface area contributed by atoms with E-state index in [0.29, 0.717) is 0 Å². The van der Waals surface area contributed by atoms with Crippen LogP contribution in [0.4, 0.5) is 0 Å². The molecule has 0 bridgehead atoms. The highest BCUT2D eigenvalue weighted by Gasteiger charge is 2.29. The molecule has 2 unspecified atom stereocenters. The number of nitrogens with one attached hydrogen (secondary N) is 1. The minimum atomic E-state index is 0.0741. The van der Waals surface area contributed by atoms with Crippen molar-refractivity contribution >= 4 is 5.91 Å². The van der Waals surface area contributed by atoms with Gasteiger partial charge in [-0.1, -0.05) is 0 Å². The molecule has 1 aliphatic rings. The first-order valence-electron chi connectivity index (χ1n) is 3.59. The molecule has 0 saturated carbocycles. The second kappa shape index (κ2) is 3.01. The van der Waals surface area contributed by atoms with Crippen LogP contribution in [0.3, 0.4) is 0 Å². The summed E-state index contributed by atoms with van der Waals surface area (Å²) in [5.41, 5.74) is 0. The molecule has 1 amide bonds. The van der Waals surface area contributed by atoms with Crippen LogP contribution in [0.5, 0.6) is 0 Å². The molecule has 1 rings (SSSR count). The maximum absolute atomic E-state index is 11.0. The quantitative estimate of drug-likeness (QED) is 0.567. The van der Waals surface area contributed by atoms with E-state index < -0.39 is 0 Å². The maximum Gasteiger partial charge on any atom is 0.225 e. The SMILES string of the molecule is CNC(=O)C1CCOC1C. The lowest BCUT2D eigenvalue weighted by atomic mass is 10.0. The summed E-state index contributed by atoms with van der Waals surface area (Å²) in [6, 6.07) is 0. The van der Waals surface area contributed by atoms with Crippen molar-refractivity contribution in [1.82, 2.24) is 5.32 Å². The molecule has 10 heavy (non-hydrogen) atoms. The van der Waals surface area contributed by atoms with Gasteiger partial charge in [0.05, 0.1) is 12.0 Å². The second-order valence-electron chi connectivity index (χ2n) is 2.59. The van der Waals surface area contributed by atoms with Gasteiger partial charge >= 0.3 is 0 Å². The second-order valence-corrected chi connectivity index (χ2v) is 2.59. The first-order chi connectivity index (χ1) is 4.75. The zero-order valence-corrected chi connectivity index (χ0v) is 6.39. The highest BCUT2D eigenvalue weighted by molar-refractivity contribution is 5.79. The summed E-state index contributed by atoms with van der Waals surface area (Å²) in [7, 11) is 1.66. The summed E-state index contributed by atoms with van der Waals surface area (Å²) in [5.74, 6) is 0.176. The zero-order valence-electron chi connectivity index (χ0n) is 6.39. The fourth-order valence-electron chi connectivity index (χ4n) is 1.26. The van der Waals surface area contributed by atoms with Crippen LogP contribution in [0.15, 0.2) is 0 Å². The van der Waals surface area contributed by atoms with E-state index in [4.69, 9.17) is 4.74 Å². The van der Waals surface area contributed by atoms with Crippen molar-refractivity contribution in [3.8, 4) is 0 Å². The van der Waals surface area contributed by atoms with Crippen molar-refractivity contribution < 1.29 is 9.53 Å². The Morgan fingerprint density at radius 3 is 2.80 bits per heavy atom. The van der Waals surface area contributed by atoms with Crippen LogP contribution < -0.4 is 5.32 Å². The van der Waals surface area contributed by atoms with Crippen LogP contribution in [0.25, 0.3) is 0 Å². The maximum atomic E-state index is 11.0. The lowest BCUT2D eigenvalue weighted by Crippen LogP contribution is -2.31. The van der Waals surface area contributed by atoms with Gasteiger partial charge in [-0.2, -0.15) is 0 Å². The molecule has 0 aliphatic carbocycles. The van der Waals surface area contributed by atoms with Gasteiger partial charge in [-0.15, -0.1) is 0 Å².